The zero-order valence-corrected chi connectivity index (χ0v) is 12.2. The van der Waals surface area contributed by atoms with Crippen molar-refractivity contribution in [2.24, 2.45) is 0 Å². The molecule has 0 aliphatic carbocycles. The van der Waals surface area contributed by atoms with E-state index < -0.39 is 0 Å². The predicted molar refractivity (Wildman–Crippen MR) is 78.6 cm³/mol. The van der Waals surface area contributed by atoms with Gasteiger partial charge < -0.3 is 4.74 Å². The Kier molecular flexibility index (Phi) is 8.90. The Morgan fingerprint density at radius 3 is 2.35 bits per heavy atom. The normalized spacial score (nSPS) is 20.1. The van der Waals surface area contributed by atoms with Gasteiger partial charge in [0.2, 0.25) is 0 Å². The number of unbranched alkanes of at least 4 members (excludes halogenated alkanes) is 7. The average Bonchev–Trinajstić information content (AvgIpc) is 2.73. The number of thioether (sulfide) groups is 1. The van der Waals surface area contributed by atoms with Crippen LogP contribution in [0.25, 0.3) is 0 Å². The van der Waals surface area contributed by atoms with Crippen LogP contribution >= 0.6 is 11.8 Å². The minimum Gasteiger partial charge on any atom is -0.363 e. The second-order valence-corrected chi connectivity index (χ2v) is 6.13. The summed E-state index contributed by atoms with van der Waals surface area (Å²) in [5.41, 5.74) is 1.59. The van der Waals surface area contributed by atoms with E-state index >= 15 is 0 Å². The summed E-state index contributed by atoms with van der Waals surface area (Å²) >= 11 is 1.94. The Morgan fingerprint density at radius 1 is 1.12 bits per heavy atom. The largest absolute Gasteiger partial charge is 0.363 e. The fourth-order valence-electron chi connectivity index (χ4n) is 2.13. The Hall–Kier alpha value is 0.0500. The van der Waals surface area contributed by atoms with Crippen LogP contribution in [0.4, 0.5) is 0 Å². The van der Waals surface area contributed by atoms with Gasteiger partial charge in [-0.3, -0.25) is 0 Å². The van der Waals surface area contributed by atoms with E-state index in [0.717, 1.165) is 13.0 Å². The number of hydrogen-bond acceptors (Lipinski definition) is 2. The van der Waals surface area contributed by atoms with Gasteiger partial charge in [0.1, 0.15) is 5.44 Å². The molecule has 1 nitrogen and oxygen atoms in total. The van der Waals surface area contributed by atoms with Gasteiger partial charge in [-0.25, -0.2) is 0 Å². The van der Waals surface area contributed by atoms with Gasteiger partial charge in [-0.05, 0) is 24.2 Å². The van der Waals surface area contributed by atoms with Crippen LogP contribution < -0.4 is 0 Å². The van der Waals surface area contributed by atoms with Crippen molar-refractivity contribution in [3.05, 3.63) is 12.2 Å². The highest BCUT2D eigenvalue weighted by Crippen LogP contribution is 2.28. The van der Waals surface area contributed by atoms with Gasteiger partial charge in [-0.1, -0.05) is 58.4 Å². The first kappa shape index (κ1) is 15.1. The number of rotatable bonds is 10. The maximum Gasteiger partial charge on any atom is 0.124 e. The van der Waals surface area contributed by atoms with Gasteiger partial charge in [-0.2, -0.15) is 0 Å². The molecule has 0 radical (unpaired) electrons. The van der Waals surface area contributed by atoms with Crippen molar-refractivity contribution in [2.75, 3.05) is 12.4 Å². The highest BCUT2D eigenvalue weighted by Gasteiger charge is 2.19. The summed E-state index contributed by atoms with van der Waals surface area (Å²) in [5.74, 6) is 1.23. The molecule has 1 saturated heterocycles. The third kappa shape index (κ3) is 7.15. The van der Waals surface area contributed by atoms with Crippen LogP contribution in [0, 0.1) is 0 Å². The van der Waals surface area contributed by atoms with Crippen LogP contribution in [0.3, 0.4) is 0 Å². The molecule has 1 heterocycles. The summed E-state index contributed by atoms with van der Waals surface area (Å²) < 4.78 is 5.60. The van der Waals surface area contributed by atoms with Crippen molar-refractivity contribution >= 4 is 11.8 Å². The minimum atomic E-state index is 0.305. The van der Waals surface area contributed by atoms with Gasteiger partial charge >= 0.3 is 0 Å². The first-order chi connectivity index (χ1) is 8.34. The average molecular weight is 256 g/mol. The summed E-state index contributed by atoms with van der Waals surface area (Å²) in [6, 6.07) is 0. The standard InChI is InChI=1S/C15H28OS/c1-3-4-5-6-7-8-9-10-13-17-15-14(2)11-12-16-15/h15H,2-13H2,1H3. The monoisotopic (exact) mass is 256 g/mol. The van der Waals surface area contributed by atoms with E-state index in [2.05, 4.69) is 13.5 Å². The first-order valence-corrected chi connectivity index (χ1v) is 8.30. The summed E-state index contributed by atoms with van der Waals surface area (Å²) in [6.45, 7) is 7.20. The van der Waals surface area contributed by atoms with E-state index in [1.807, 2.05) is 11.8 Å². The van der Waals surface area contributed by atoms with Crippen LogP contribution in [0.1, 0.15) is 64.7 Å². The molecule has 0 N–H and O–H groups in total. The smallest absolute Gasteiger partial charge is 0.124 e. The van der Waals surface area contributed by atoms with E-state index in [1.165, 1.54) is 62.7 Å². The lowest BCUT2D eigenvalue weighted by atomic mass is 10.1. The summed E-state index contributed by atoms with van der Waals surface area (Å²) in [7, 11) is 0. The quantitative estimate of drug-likeness (QED) is 0.394. The Labute approximate surface area is 111 Å². The van der Waals surface area contributed by atoms with E-state index in [-0.39, 0.29) is 0 Å². The van der Waals surface area contributed by atoms with Crippen LogP contribution in [0.5, 0.6) is 0 Å². The molecule has 1 atom stereocenters. The summed E-state index contributed by atoms with van der Waals surface area (Å²) in [6.07, 6.45) is 12.3. The summed E-state index contributed by atoms with van der Waals surface area (Å²) in [4.78, 5) is 0. The predicted octanol–water partition coefficient (Wildman–Crippen LogP) is 5.16. The summed E-state index contributed by atoms with van der Waals surface area (Å²) in [5, 5.41) is 0. The van der Waals surface area contributed by atoms with Gasteiger partial charge in [0.05, 0.1) is 6.61 Å². The topological polar surface area (TPSA) is 9.23 Å². The van der Waals surface area contributed by atoms with Crippen molar-refractivity contribution < 1.29 is 4.74 Å². The highest BCUT2D eigenvalue weighted by atomic mass is 32.2. The maximum atomic E-state index is 5.60. The van der Waals surface area contributed by atoms with E-state index in [4.69, 9.17) is 4.74 Å². The molecule has 0 aromatic carbocycles. The zero-order chi connectivity index (χ0) is 12.3. The van der Waals surface area contributed by atoms with Crippen molar-refractivity contribution in [3.8, 4) is 0 Å². The number of ether oxygens (including phenoxy) is 1. The molecule has 0 bridgehead atoms. The van der Waals surface area contributed by atoms with Crippen molar-refractivity contribution in [3.63, 3.8) is 0 Å². The van der Waals surface area contributed by atoms with E-state index in [9.17, 15) is 0 Å². The minimum absolute atomic E-state index is 0.305. The fraction of sp³-hybridized carbons (Fsp3) is 0.867. The van der Waals surface area contributed by atoms with Crippen molar-refractivity contribution in [2.45, 2.75) is 70.1 Å². The third-order valence-corrected chi connectivity index (χ3v) is 4.59. The molecule has 17 heavy (non-hydrogen) atoms. The van der Waals surface area contributed by atoms with E-state index in [1.54, 1.807) is 0 Å². The van der Waals surface area contributed by atoms with Crippen LogP contribution in [0.15, 0.2) is 12.2 Å². The molecule has 1 aliphatic heterocycles. The molecule has 100 valence electrons. The molecule has 2 heteroatoms. The molecule has 1 fully saturated rings. The lowest BCUT2D eigenvalue weighted by Gasteiger charge is -2.09. The molecule has 0 aromatic heterocycles. The lowest BCUT2D eigenvalue weighted by Crippen LogP contribution is -2.01. The Bertz CT molecular complexity index is 203. The second kappa shape index (κ2) is 10.0. The van der Waals surface area contributed by atoms with Crippen molar-refractivity contribution in [1.82, 2.24) is 0 Å². The molecular weight excluding hydrogens is 228 g/mol. The molecule has 0 spiro atoms. The van der Waals surface area contributed by atoms with Gasteiger partial charge in [0, 0.05) is 0 Å². The molecule has 1 aliphatic rings. The van der Waals surface area contributed by atoms with Gasteiger partial charge in [0.15, 0.2) is 0 Å². The fourth-order valence-corrected chi connectivity index (χ4v) is 3.26. The van der Waals surface area contributed by atoms with Gasteiger partial charge in [0.25, 0.3) is 0 Å². The Morgan fingerprint density at radius 2 is 1.76 bits per heavy atom. The highest BCUT2D eigenvalue weighted by molar-refractivity contribution is 7.99. The Balaban J connectivity index is 1.80. The third-order valence-electron chi connectivity index (χ3n) is 3.29. The lowest BCUT2D eigenvalue weighted by molar-refractivity contribution is 0.182. The first-order valence-electron chi connectivity index (χ1n) is 7.25. The molecule has 1 rings (SSSR count). The molecular formula is C15H28OS. The van der Waals surface area contributed by atoms with Gasteiger partial charge in [-0.15, -0.1) is 11.8 Å². The SMILES string of the molecule is C=C1CCOC1SCCCCCCCCCC. The van der Waals surface area contributed by atoms with Crippen molar-refractivity contribution in [1.29, 1.82) is 0 Å². The number of hydrogen-bond donors (Lipinski definition) is 0. The van der Waals surface area contributed by atoms with Crippen LogP contribution in [0.2, 0.25) is 0 Å². The second-order valence-electron chi connectivity index (χ2n) is 4.96. The van der Waals surface area contributed by atoms with Crippen LogP contribution in [-0.4, -0.2) is 17.8 Å². The van der Waals surface area contributed by atoms with Crippen LogP contribution in [-0.2, 0) is 4.74 Å². The molecule has 0 amide bonds. The zero-order valence-electron chi connectivity index (χ0n) is 11.4. The molecule has 0 saturated carbocycles. The van der Waals surface area contributed by atoms with E-state index in [0.29, 0.717) is 5.44 Å². The molecule has 0 aromatic rings. The maximum absolute atomic E-state index is 5.60. The molecule has 1 unspecified atom stereocenters.